The molecule has 0 aliphatic rings. The van der Waals surface area contributed by atoms with Crippen LogP contribution in [0.25, 0.3) is 0 Å². The maximum absolute atomic E-state index is 13.3. The lowest BCUT2D eigenvalue weighted by molar-refractivity contribution is -0.138. The van der Waals surface area contributed by atoms with E-state index in [1.807, 2.05) is 6.92 Å². The second-order valence-electron chi connectivity index (χ2n) is 6.73. The molecular formula is C17H27F3IN3O2. The first-order valence-corrected chi connectivity index (χ1v) is 7.87. The minimum Gasteiger partial charge on any atom is -0.488 e. The molecule has 0 heterocycles. The molecule has 3 N–H and O–H groups in total. The van der Waals surface area contributed by atoms with Crippen molar-refractivity contribution in [1.82, 2.24) is 5.32 Å². The summed E-state index contributed by atoms with van der Waals surface area (Å²) >= 11 is 0. The Balaban J connectivity index is 0.00000625. The van der Waals surface area contributed by atoms with Gasteiger partial charge in [-0.25, -0.2) is 4.99 Å². The number of rotatable bonds is 6. The summed E-state index contributed by atoms with van der Waals surface area (Å²) in [5, 5.41) is 2.85. The van der Waals surface area contributed by atoms with Gasteiger partial charge in [-0.2, -0.15) is 13.2 Å². The summed E-state index contributed by atoms with van der Waals surface area (Å²) in [6.07, 6.45) is -4.51. The number of nitrogens with two attached hydrogens (primary N) is 1. The Hall–Kier alpha value is -1.23. The SMILES string of the molecule is COCC(C)NC(N)=NCc1ccc(OC(C)(C)C)cc1C(F)(F)F.I. The van der Waals surface area contributed by atoms with Crippen LogP contribution in [0.2, 0.25) is 0 Å². The number of guanidine groups is 1. The molecule has 0 aromatic heterocycles. The number of ether oxygens (including phenoxy) is 2. The molecule has 0 fully saturated rings. The molecule has 26 heavy (non-hydrogen) atoms. The number of alkyl halides is 3. The minimum absolute atomic E-state index is 0. The molecule has 0 saturated carbocycles. The predicted octanol–water partition coefficient (Wildman–Crippen LogP) is 3.94. The summed E-state index contributed by atoms with van der Waals surface area (Å²) < 4.78 is 50.4. The summed E-state index contributed by atoms with van der Waals surface area (Å²) in [6.45, 7) is 7.35. The molecule has 1 unspecified atom stereocenters. The Morgan fingerprint density at radius 3 is 2.38 bits per heavy atom. The van der Waals surface area contributed by atoms with Crippen molar-refractivity contribution in [3.05, 3.63) is 29.3 Å². The highest BCUT2D eigenvalue weighted by Gasteiger charge is 2.34. The number of aliphatic imine (C=N–C) groups is 1. The highest BCUT2D eigenvalue weighted by atomic mass is 127. The Morgan fingerprint density at radius 2 is 1.88 bits per heavy atom. The second kappa shape index (κ2) is 10.2. The Bertz CT molecular complexity index is 602. The van der Waals surface area contributed by atoms with Crippen LogP contribution in [-0.2, 0) is 17.5 Å². The van der Waals surface area contributed by atoms with E-state index >= 15 is 0 Å². The van der Waals surface area contributed by atoms with E-state index in [1.54, 1.807) is 27.9 Å². The molecule has 150 valence electrons. The molecule has 0 saturated heterocycles. The third-order valence-electron chi connectivity index (χ3n) is 3.04. The second-order valence-corrected chi connectivity index (χ2v) is 6.73. The summed E-state index contributed by atoms with van der Waals surface area (Å²) in [5.41, 5.74) is 4.36. The standard InChI is InChI=1S/C17H26F3N3O2.HI/c1-11(10-24-5)23-15(21)22-9-12-6-7-13(25-16(2,3)4)8-14(12)17(18,19)20;/h6-8,11H,9-10H2,1-5H3,(H3,21,22,23);1H. The number of methoxy groups -OCH3 is 1. The van der Waals surface area contributed by atoms with Gasteiger partial charge in [-0.15, -0.1) is 24.0 Å². The van der Waals surface area contributed by atoms with Gasteiger partial charge in [0.2, 0.25) is 0 Å². The van der Waals surface area contributed by atoms with Crippen LogP contribution in [0.3, 0.4) is 0 Å². The molecule has 9 heteroatoms. The van der Waals surface area contributed by atoms with Crippen LogP contribution in [-0.4, -0.2) is 31.3 Å². The smallest absolute Gasteiger partial charge is 0.416 e. The third-order valence-corrected chi connectivity index (χ3v) is 3.04. The van der Waals surface area contributed by atoms with Crippen LogP contribution < -0.4 is 15.8 Å². The van der Waals surface area contributed by atoms with E-state index in [-0.39, 0.29) is 53.8 Å². The third kappa shape index (κ3) is 8.93. The van der Waals surface area contributed by atoms with Crippen molar-refractivity contribution in [1.29, 1.82) is 0 Å². The number of nitrogens with one attached hydrogen (secondary N) is 1. The van der Waals surface area contributed by atoms with Gasteiger partial charge < -0.3 is 20.5 Å². The summed E-state index contributed by atoms with van der Waals surface area (Å²) in [7, 11) is 1.54. The molecular weight excluding hydrogens is 462 g/mol. The number of hydrogen-bond acceptors (Lipinski definition) is 3. The fourth-order valence-electron chi connectivity index (χ4n) is 2.13. The van der Waals surface area contributed by atoms with Crippen molar-refractivity contribution < 1.29 is 22.6 Å². The molecule has 0 aliphatic heterocycles. The lowest BCUT2D eigenvalue weighted by Gasteiger charge is -2.22. The van der Waals surface area contributed by atoms with Crippen LogP contribution in [0.5, 0.6) is 5.75 Å². The van der Waals surface area contributed by atoms with E-state index in [9.17, 15) is 13.2 Å². The van der Waals surface area contributed by atoms with Crippen LogP contribution in [0, 0.1) is 0 Å². The van der Waals surface area contributed by atoms with Crippen LogP contribution in [0.1, 0.15) is 38.8 Å². The van der Waals surface area contributed by atoms with Gasteiger partial charge >= 0.3 is 6.18 Å². The zero-order chi connectivity index (χ0) is 19.3. The van der Waals surface area contributed by atoms with E-state index in [0.717, 1.165) is 6.07 Å². The Morgan fingerprint density at radius 1 is 1.27 bits per heavy atom. The molecule has 0 aliphatic carbocycles. The maximum atomic E-state index is 13.3. The average molecular weight is 489 g/mol. The van der Waals surface area contributed by atoms with Gasteiger partial charge in [-0.05, 0) is 45.4 Å². The van der Waals surface area contributed by atoms with Crippen molar-refractivity contribution in [3.8, 4) is 5.75 Å². The molecule has 0 spiro atoms. The van der Waals surface area contributed by atoms with Crippen molar-refractivity contribution in [3.63, 3.8) is 0 Å². The summed E-state index contributed by atoms with van der Waals surface area (Å²) in [4.78, 5) is 3.98. The monoisotopic (exact) mass is 489 g/mol. The van der Waals surface area contributed by atoms with Crippen molar-refractivity contribution in [2.45, 2.75) is 52.1 Å². The Kier molecular flexibility index (Phi) is 9.71. The largest absolute Gasteiger partial charge is 0.488 e. The highest BCUT2D eigenvalue weighted by molar-refractivity contribution is 14.0. The number of hydrogen-bond donors (Lipinski definition) is 2. The van der Waals surface area contributed by atoms with Gasteiger partial charge in [0.25, 0.3) is 0 Å². The first-order chi connectivity index (χ1) is 11.4. The van der Waals surface area contributed by atoms with Gasteiger partial charge in [0, 0.05) is 13.2 Å². The molecule has 1 rings (SSSR count). The van der Waals surface area contributed by atoms with Gasteiger partial charge in [0.15, 0.2) is 5.96 Å². The van der Waals surface area contributed by atoms with Gasteiger partial charge in [-0.1, -0.05) is 6.07 Å². The number of nitrogens with zero attached hydrogens (tertiary/aromatic N) is 1. The lowest BCUT2D eigenvalue weighted by Crippen LogP contribution is -2.40. The molecule has 1 aromatic rings. The first kappa shape index (κ1) is 24.8. The van der Waals surface area contributed by atoms with Crippen LogP contribution >= 0.6 is 24.0 Å². The van der Waals surface area contributed by atoms with E-state index in [2.05, 4.69) is 10.3 Å². The number of halogens is 4. The summed E-state index contributed by atoms with van der Waals surface area (Å²) in [5.74, 6) is 0.222. The first-order valence-electron chi connectivity index (χ1n) is 7.87. The molecule has 0 radical (unpaired) electrons. The van der Waals surface area contributed by atoms with Crippen LogP contribution in [0.15, 0.2) is 23.2 Å². The molecule has 1 aromatic carbocycles. The van der Waals surface area contributed by atoms with Crippen molar-refractivity contribution >= 4 is 29.9 Å². The van der Waals surface area contributed by atoms with Gasteiger partial charge in [-0.3, -0.25) is 0 Å². The fourth-order valence-corrected chi connectivity index (χ4v) is 2.13. The molecule has 1 atom stereocenters. The zero-order valence-electron chi connectivity index (χ0n) is 15.6. The topological polar surface area (TPSA) is 68.9 Å². The maximum Gasteiger partial charge on any atom is 0.416 e. The van der Waals surface area contributed by atoms with Gasteiger partial charge in [0.1, 0.15) is 11.4 Å². The predicted molar refractivity (Wildman–Crippen MR) is 107 cm³/mol. The van der Waals surface area contributed by atoms with E-state index in [0.29, 0.717) is 6.61 Å². The fraction of sp³-hybridized carbons (Fsp3) is 0.588. The number of benzene rings is 1. The summed E-state index contributed by atoms with van der Waals surface area (Å²) in [6, 6.07) is 3.76. The van der Waals surface area contributed by atoms with Gasteiger partial charge in [0.05, 0.1) is 18.7 Å². The average Bonchev–Trinajstić information content (AvgIpc) is 2.43. The molecule has 0 amide bonds. The molecule has 5 nitrogen and oxygen atoms in total. The van der Waals surface area contributed by atoms with E-state index < -0.39 is 17.3 Å². The van der Waals surface area contributed by atoms with Crippen molar-refractivity contribution in [2.75, 3.05) is 13.7 Å². The van der Waals surface area contributed by atoms with E-state index in [1.165, 1.54) is 12.1 Å². The molecule has 0 bridgehead atoms. The quantitative estimate of drug-likeness (QED) is 0.361. The zero-order valence-corrected chi connectivity index (χ0v) is 17.9. The van der Waals surface area contributed by atoms with E-state index in [4.69, 9.17) is 15.2 Å². The van der Waals surface area contributed by atoms with Crippen molar-refractivity contribution in [2.24, 2.45) is 10.7 Å². The normalized spacial score (nSPS) is 13.8. The minimum atomic E-state index is -4.51. The lowest BCUT2D eigenvalue weighted by atomic mass is 10.1. The Labute approximate surface area is 169 Å². The highest BCUT2D eigenvalue weighted by Crippen LogP contribution is 2.35. The van der Waals surface area contributed by atoms with Crippen LogP contribution in [0.4, 0.5) is 13.2 Å².